The molecule has 0 aromatic carbocycles. The number of carbonyl (C=O) groups excluding carboxylic acids is 1. The number of nitrogens with zero attached hydrogens (tertiary/aromatic N) is 3. The lowest BCUT2D eigenvalue weighted by atomic mass is 10.2. The zero-order valence-corrected chi connectivity index (χ0v) is 8.50. The van der Waals surface area contributed by atoms with Gasteiger partial charge < -0.3 is 16.2 Å². The van der Waals surface area contributed by atoms with Crippen LogP contribution in [0.1, 0.15) is 6.92 Å². The van der Waals surface area contributed by atoms with Crippen LogP contribution < -0.4 is 11.1 Å². The van der Waals surface area contributed by atoms with Crippen LogP contribution in [-0.2, 0) is 11.3 Å². The molecule has 0 spiro atoms. The fraction of sp³-hybridized carbons (Fsp3) is 0.625. The van der Waals surface area contributed by atoms with E-state index in [2.05, 4.69) is 15.5 Å². The van der Waals surface area contributed by atoms with Gasteiger partial charge in [-0.3, -0.25) is 4.79 Å². The predicted octanol–water partition coefficient (Wildman–Crippen LogP) is -1.90. The molecule has 0 bridgehead atoms. The summed E-state index contributed by atoms with van der Waals surface area (Å²) in [6.07, 6.45) is 2.26. The third kappa shape index (κ3) is 4.05. The van der Waals surface area contributed by atoms with E-state index in [9.17, 15) is 9.90 Å². The van der Waals surface area contributed by atoms with E-state index in [4.69, 9.17) is 5.73 Å². The average molecular weight is 213 g/mol. The maximum Gasteiger partial charge on any atom is 0.216 e. The molecule has 1 heterocycles. The first-order valence-electron chi connectivity index (χ1n) is 4.61. The van der Waals surface area contributed by atoms with E-state index in [0.717, 1.165) is 0 Å². The Kier molecular flexibility index (Phi) is 4.19. The van der Waals surface area contributed by atoms with Gasteiger partial charge in [-0.15, -0.1) is 0 Å². The summed E-state index contributed by atoms with van der Waals surface area (Å²) in [6, 6.07) is -0.510. The Balaban J connectivity index is 2.33. The number of aliphatic hydroxyl groups excluding tert-OH is 1. The summed E-state index contributed by atoms with van der Waals surface area (Å²) in [4.78, 5) is 12.0. The predicted molar refractivity (Wildman–Crippen MR) is 52.7 cm³/mol. The van der Waals surface area contributed by atoms with Gasteiger partial charge in [0.1, 0.15) is 0 Å². The number of hydrogen-bond donors (Lipinski definition) is 3. The lowest BCUT2D eigenvalue weighted by molar-refractivity contribution is -0.119. The van der Waals surface area contributed by atoms with Gasteiger partial charge in [0, 0.05) is 13.5 Å². The van der Waals surface area contributed by atoms with Crippen LogP contribution in [0.4, 0.5) is 0 Å². The fourth-order valence-electron chi connectivity index (χ4n) is 1.05. The molecule has 84 valence electrons. The van der Waals surface area contributed by atoms with Gasteiger partial charge in [-0.25, -0.2) is 0 Å². The molecule has 0 aliphatic heterocycles. The van der Waals surface area contributed by atoms with Gasteiger partial charge in [-0.1, -0.05) is 0 Å². The number of aliphatic hydroxyl groups is 1. The first-order valence-corrected chi connectivity index (χ1v) is 4.61. The van der Waals surface area contributed by atoms with Crippen LogP contribution in [0, 0.1) is 0 Å². The zero-order valence-electron chi connectivity index (χ0n) is 8.50. The van der Waals surface area contributed by atoms with E-state index in [-0.39, 0.29) is 12.5 Å². The zero-order chi connectivity index (χ0) is 11.3. The molecule has 15 heavy (non-hydrogen) atoms. The smallest absolute Gasteiger partial charge is 0.216 e. The molecule has 4 N–H and O–H groups in total. The minimum Gasteiger partial charge on any atom is -0.390 e. The van der Waals surface area contributed by atoms with Crippen molar-refractivity contribution in [2.24, 2.45) is 5.73 Å². The molecule has 0 saturated carbocycles. The second-order valence-electron chi connectivity index (χ2n) is 3.25. The number of carbonyl (C=O) groups is 1. The molecule has 7 nitrogen and oxygen atoms in total. The highest BCUT2D eigenvalue weighted by atomic mass is 16.3. The number of aromatic nitrogens is 3. The topological polar surface area (TPSA) is 106 Å². The first kappa shape index (κ1) is 11.6. The maximum atomic E-state index is 10.6. The Hall–Kier alpha value is -1.47. The SMILES string of the molecule is CC(=O)NC[C@@H](O)[C@H](N)Cn1nccn1. The van der Waals surface area contributed by atoms with Crippen molar-refractivity contribution in [2.45, 2.75) is 25.6 Å². The van der Waals surface area contributed by atoms with Crippen molar-refractivity contribution >= 4 is 5.91 Å². The summed E-state index contributed by atoms with van der Waals surface area (Å²) in [6.45, 7) is 1.83. The van der Waals surface area contributed by atoms with Gasteiger partial charge >= 0.3 is 0 Å². The van der Waals surface area contributed by atoms with E-state index in [1.165, 1.54) is 24.1 Å². The summed E-state index contributed by atoms with van der Waals surface area (Å²) in [7, 11) is 0. The molecule has 0 saturated heterocycles. The molecule has 2 atom stereocenters. The summed E-state index contributed by atoms with van der Waals surface area (Å²) in [5.74, 6) is -0.196. The van der Waals surface area contributed by atoms with E-state index in [1.54, 1.807) is 0 Å². The van der Waals surface area contributed by atoms with Crippen molar-refractivity contribution in [3.63, 3.8) is 0 Å². The number of nitrogens with one attached hydrogen (secondary N) is 1. The number of nitrogens with two attached hydrogens (primary N) is 1. The van der Waals surface area contributed by atoms with Crippen molar-refractivity contribution in [1.29, 1.82) is 0 Å². The molecule has 0 aliphatic rings. The Morgan fingerprint density at radius 2 is 2.20 bits per heavy atom. The summed E-state index contributed by atoms with van der Waals surface area (Å²) < 4.78 is 0. The minimum atomic E-state index is -0.806. The third-order valence-corrected chi connectivity index (χ3v) is 1.90. The van der Waals surface area contributed by atoms with Crippen molar-refractivity contribution < 1.29 is 9.90 Å². The molecule has 0 radical (unpaired) electrons. The molecule has 1 amide bonds. The molecule has 7 heteroatoms. The summed E-state index contributed by atoms with van der Waals surface area (Å²) in [5, 5.41) is 19.8. The molecule has 0 unspecified atom stereocenters. The Labute approximate surface area is 87.3 Å². The molecule has 1 aromatic heterocycles. The van der Waals surface area contributed by atoms with E-state index >= 15 is 0 Å². The van der Waals surface area contributed by atoms with Gasteiger partial charge in [0.25, 0.3) is 0 Å². The van der Waals surface area contributed by atoms with Crippen LogP contribution in [0.2, 0.25) is 0 Å². The van der Waals surface area contributed by atoms with Crippen LogP contribution in [0.5, 0.6) is 0 Å². The number of hydrogen-bond acceptors (Lipinski definition) is 5. The van der Waals surface area contributed by atoms with Crippen LogP contribution in [0.15, 0.2) is 12.4 Å². The second-order valence-corrected chi connectivity index (χ2v) is 3.25. The molecule has 1 rings (SSSR count). The van der Waals surface area contributed by atoms with E-state index in [1.807, 2.05) is 0 Å². The molecule has 1 aromatic rings. The number of rotatable bonds is 5. The first-order chi connectivity index (χ1) is 7.09. The van der Waals surface area contributed by atoms with Gasteiger partial charge in [0.15, 0.2) is 0 Å². The lowest BCUT2D eigenvalue weighted by Gasteiger charge is -2.18. The molecule has 0 fully saturated rings. The Bertz CT molecular complexity index is 300. The highest BCUT2D eigenvalue weighted by Crippen LogP contribution is 1.92. The monoisotopic (exact) mass is 213 g/mol. The van der Waals surface area contributed by atoms with Crippen molar-refractivity contribution in [3.8, 4) is 0 Å². The van der Waals surface area contributed by atoms with Crippen molar-refractivity contribution in [1.82, 2.24) is 20.3 Å². The van der Waals surface area contributed by atoms with Crippen LogP contribution in [-0.4, -0.2) is 44.7 Å². The molecular formula is C8H15N5O2. The Morgan fingerprint density at radius 1 is 1.60 bits per heavy atom. The minimum absolute atomic E-state index is 0.137. The highest BCUT2D eigenvalue weighted by Gasteiger charge is 2.15. The second kappa shape index (κ2) is 5.42. The largest absolute Gasteiger partial charge is 0.390 e. The summed E-state index contributed by atoms with van der Waals surface area (Å²) >= 11 is 0. The van der Waals surface area contributed by atoms with Crippen molar-refractivity contribution in [3.05, 3.63) is 12.4 Å². The van der Waals surface area contributed by atoms with Crippen LogP contribution in [0.3, 0.4) is 0 Å². The fourth-order valence-corrected chi connectivity index (χ4v) is 1.05. The highest BCUT2D eigenvalue weighted by molar-refractivity contribution is 5.72. The lowest BCUT2D eigenvalue weighted by Crippen LogP contribution is -2.45. The normalized spacial score (nSPS) is 14.6. The van der Waals surface area contributed by atoms with Crippen LogP contribution >= 0.6 is 0 Å². The third-order valence-electron chi connectivity index (χ3n) is 1.90. The maximum absolute atomic E-state index is 10.6. The Morgan fingerprint density at radius 3 is 2.73 bits per heavy atom. The number of amides is 1. The van der Waals surface area contributed by atoms with Gasteiger partial charge in [-0.05, 0) is 0 Å². The van der Waals surface area contributed by atoms with Crippen molar-refractivity contribution in [2.75, 3.05) is 6.54 Å². The molecular weight excluding hydrogens is 198 g/mol. The standard InChI is InChI=1S/C8H15N5O2/c1-6(14)10-4-8(15)7(9)5-13-11-2-3-12-13/h2-3,7-8,15H,4-5,9H2,1H3,(H,10,14)/t7-,8-/m1/s1. The summed E-state index contributed by atoms with van der Waals surface area (Å²) in [5.41, 5.74) is 5.69. The van der Waals surface area contributed by atoms with Gasteiger partial charge in [0.05, 0.1) is 31.1 Å². The van der Waals surface area contributed by atoms with Gasteiger partial charge in [0.2, 0.25) is 5.91 Å². The van der Waals surface area contributed by atoms with E-state index in [0.29, 0.717) is 6.54 Å². The molecule has 0 aliphatic carbocycles. The van der Waals surface area contributed by atoms with Gasteiger partial charge in [-0.2, -0.15) is 15.0 Å². The van der Waals surface area contributed by atoms with E-state index < -0.39 is 12.1 Å². The quantitative estimate of drug-likeness (QED) is 0.530. The van der Waals surface area contributed by atoms with Crippen LogP contribution in [0.25, 0.3) is 0 Å². The average Bonchev–Trinajstić information content (AvgIpc) is 2.66.